The third-order valence-corrected chi connectivity index (χ3v) is 12.7. The van der Waals surface area contributed by atoms with Gasteiger partial charge >= 0.3 is 5.97 Å². The van der Waals surface area contributed by atoms with Crippen molar-refractivity contribution < 1.29 is 33.6 Å². The molecule has 0 radical (unpaired) electrons. The van der Waals surface area contributed by atoms with Gasteiger partial charge in [-0.05, 0) is 64.2 Å². The van der Waals surface area contributed by atoms with Gasteiger partial charge < -0.3 is 24.1 Å². The summed E-state index contributed by atoms with van der Waals surface area (Å²) in [4.78, 5) is 26.2. The van der Waals surface area contributed by atoms with Gasteiger partial charge in [-0.1, -0.05) is 19.4 Å². The molecule has 1 spiro atoms. The Labute approximate surface area is 213 Å². The zero-order valence-electron chi connectivity index (χ0n) is 22.3. The minimum atomic E-state index is -0.793. The van der Waals surface area contributed by atoms with Gasteiger partial charge in [0, 0.05) is 36.9 Å². The lowest BCUT2D eigenvalue weighted by Crippen LogP contribution is -2.68. The van der Waals surface area contributed by atoms with Crippen LogP contribution < -0.4 is 0 Å². The number of ether oxygens (including phenoxy) is 4. The maximum Gasteiger partial charge on any atom is 0.333 e. The van der Waals surface area contributed by atoms with Crippen LogP contribution in [-0.4, -0.2) is 65.7 Å². The molecule has 13 atom stereocenters. The van der Waals surface area contributed by atoms with Crippen molar-refractivity contribution >= 4 is 11.8 Å². The van der Waals surface area contributed by atoms with E-state index in [0.717, 1.165) is 43.3 Å². The average Bonchev–Trinajstić information content (AvgIpc) is 3.74. The molecule has 7 nitrogen and oxygen atoms in total. The Bertz CT molecular complexity index is 1080. The lowest BCUT2D eigenvalue weighted by atomic mass is 9.43. The standard InChI is InChI=1S/C29H40O7/c1-13-9-19(34-25(32)14(13)2)15(3)28-23(35-28)11-18-16-10-22-29(36-22)24(31)20(33-6)12-21(30)27(29,5)17(16)7-8-26(18,28)4/h15-20,22-24,31H,7-12H2,1-6H3. The molecule has 3 aliphatic heterocycles. The van der Waals surface area contributed by atoms with Gasteiger partial charge in [0.05, 0.1) is 23.7 Å². The van der Waals surface area contributed by atoms with Crippen molar-refractivity contribution in [1.82, 2.24) is 0 Å². The van der Waals surface area contributed by atoms with E-state index in [1.54, 1.807) is 7.11 Å². The SMILES string of the molecule is COC1CC(=O)C2(C)C3CCC4(C)C(CC5OC54C(C)C4CC(C)=C(C)C(=O)O4)C3CC3OC32C1O. The predicted octanol–water partition coefficient (Wildman–Crippen LogP) is 3.36. The highest BCUT2D eigenvalue weighted by atomic mass is 16.6. The fourth-order valence-electron chi connectivity index (χ4n) is 10.5. The van der Waals surface area contributed by atoms with Crippen molar-refractivity contribution in [1.29, 1.82) is 0 Å². The molecule has 0 aromatic rings. The smallest absolute Gasteiger partial charge is 0.333 e. The first kappa shape index (κ1) is 23.8. The molecule has 4 saturated carbocycles. The van der Waals surface area contributed by atoms with Crippen LogP contribution >= 0.6 is 0 Å². The summed E-state index contributed by atoms with van der Waals surface area (Å²) in [5, 5.41) is 11.3. The number of carbonyl (C=O) groups excluding carboxylic acids is 2. The maximum absolute atomic E-state index is 13.7. The molecule has 0 bridgehead atoms. The number of hydrogen-bond acceptors (Lipinski definition) is 7. The van der Waals surface area contributed by atoms with Crippen molar-refractivity contribution in [3.05, 3.63) is 11.1 Å². The molecule has 7 aliphatic rings. The number of esters is 1. The Kier molecular flexibility index (Phi) is 4.64. The lowest BCUT2D eigenvalue weighted by Gasteiger charge is -2.60. The molecule has 198 valence electrons. The number of aliphatic hydroxyl groups is 1. The molecule has 3 heterocycles. The molecule has 6 fully saturated rings. The molecule has 0 aromatic heterocycles. The van der Waals surface area contributed by atoms with Gasteiger partial charge in [-0.2, -0.15) is 0 Å². The number of aliphatic hydroxyl groups excluding tert-OH is 1. The number of fused-ring (bicyclic) bond motifs is 6. The number of cyclic esters (lactones) is 1. The lowest BCUT2D eigenvalue weighted by molar-refractivity contribution is -0.187. The van der Waals surface area contributed by atoms with Crippen LogP contribution in [0.2, 0.25) is 0 Å². The Morgan fingerprint density at radius 1 is 1.06 bits per heavy atom. The molecule has 1 N–H and O–H groups in total. The summed E-state index contributed by atoms with van der Waals surface area (Å²) in [5.41, 5.74) is 0.0618. The van der Waals surface area contributed by atoms with Crippen LogP contribution in [0.1, 0.15) is 73.1 Å². The van der Waals surface area contributed by atoms with Gasteiger partial charge in [-0.15, -0.1) is 0 Å². The van der Waals surface area contributed by atoms with E-state index in [9.17, 15) is 14.7 Å². The topological polar surface area (TPSA) is 97.9 Å². The van der Waals surface area contributed by atoms with Crippen molar-refractivity contribution in [2.75, 3.05) is 7.11 Å². The molecule has 36 heavy (non-hydrogen) atoms. The largest absolute Gasteiger partial charge is 0.458 e. The first-order valence-corrected chi connectivity index (χ1v) is 13.9. The average molecular weight is 501 g/mol. The van der Waals surface area contributed by atoms with E-state index < -0.39 is 23.2 Å². The fraction of sp³-hybridized carbons (Fsp3) is 0.862. The fourth-order valence-corrected chi connectivity index (χ4v) is 10.5. The molecular weight excluding hydrogens is 460 g/mol. The van der Waals surface area contributed by atoms with Gasteiger partial charge in [0.15, 0.2) is 0 Å². The minimum Gasteiger partial charge on any atom is -0.458 e. The van der Waals surface area contributed by atoms with Gasteiger partial charge in [-0.3, -0.25) is 4.79 Å². The Hall–Kier alpha value is -1.28. The second-order valence-electron chi connectivity index (χ2n) is 13.5. The monoisotopic (exact) mass is 500 g/mol. The summed E-state index contributed by atoms with van der Waals surface area (Å²) in [6.07, 6.45) is 3.47. The summed E-state index contributed by atoms with van der Waals surface area (Å²) >= 11 is 0. The normalized spacial score (nSPS) is 57.6. The van der Waals surface area contributed by atoms with Gasteiger partial charge in [0.25, 0.3) is 0 Å². The van der Waals surface area contributed by atoms with Crippen molar-refractivity contribution in [3.63, 3.8) is 0 Å². The number of Topliss-reactive ketones (excluding diaryl/α,β-unsaturated/α-hetero) is 1. The van der Waals surface area contributed by atoms with Gasteiger partial charge in [-0.25, -0.2) is 4.79 Å². The van der Waals surface area contributed by atoms with Crippen molar-refractivity contribution in [2.45, 2.75) is 115 Å². The van der Waals surface area contributed by atoms with E-state index >= 15 is 0 Å². The summed E-state index contributed by atoms with van der Waals surface area (Å²) in [5.74, 6) is 1.09. The number of ketones is 1. The third kappa shape index (κ3) is 2.42. The summed E-state index contributed by atoms with van der Waals surface area (Å²) in [7, 11) is 1.57. The van der Waals surface area contributed by atoms with Crippen LogP contribution in [0.5, 0.6) is 0 Å². The number of epoxide rings is 2. The van der Waals surface area contributed by atoms with Crippen LogP contribution in [-0.2, 0) is 28.5 Å². The first-order chi connectivity index (χ1) is 17.0. The van der Waals surface area contributed by atoms with Crippen molar-refractivity contribution in [3.8, 4) is 0 Å². The zero-order valence-corrected chi connectivity index (χ0v) is 22.3. The van der Waals surface area contributed by atoms with E-state index in [2.05, 4.69) is 20.8 Å². The highest BCUT2D eigenvalue weighted by Crippen LogP contribution is 2.78. The van der Waals surface area contributed by atoms with E-state index in [-0.39, 0.29) is 59.3 Å². The van der Waals surface area contributed by atoms with Crippen LogP contribution in [0.15, 0.2) is 11.1 Å². The minimum absolute atomic E-state index is 0.0363. The molecule has 2 saturated heterocycles. The first-order valence-electron chi connectivity index (χ1n) is 13.9. The molecule has 7 heteroatoms. The number of methoxy groups -OCH3 is 1. The van der Waals surface area contributed by atoms with Crippen LogP contribution in [0.25, 0.3) is 0 Å². The number of hydrogen-bond donors (Lipinski definition) is 1. The van der Waals surface area contributed by atoms with E-state index in [0.29, 0.717) is 11.8 Å². The van der Waals surface area contributed by atoms with Crippen LogP contribution in [0.3, 0.4) is 0 Å². The molecule has 7 rings (SSSR count). The molecule has 0 amide bonds. The van der Waals surface area contributed by atoms with E-state index in [1.165, 1.54) is 0 Å². The number of rotatable bonds is 3. The van der Waals surface area contributed by atoms with Gasteiger partial charge in [0.1, 0.15) is 29.2 Å². The van der Waals surface area contributed by atoms with E-state index in [4.69, 9.17) is 18.9 Å². The predicted molar refractivity (Wildman–Crippen MR) is 129 cm³/mol. The second kappa shape index (κ2) is 7.02. The Morgan fingerprint density at radius 3 is 2.50 bits per heavy atom. The molecule has 4 aliphatic carbocycles. The highest BCUT2D eigenvalue weighted by molar-refractivity contribution is 5.90. The Morgan fingerprint density at radius 2 is 1.81 bits per heavy atom. The summed E-state index contributed by atoms with van der Waals surface area (Å²) in [6, 6.07) is 0. The van der Waals surface area contributed by atoms with E-state index in [1.807, 2.05) is 13.8 Å². The zero-order chi connectivity index (χ0) is 25.6. The third-order valence-electron chi connectivity index (χ3n) is 12.7. The van der Waals surface area contributed by atoms with Crippen LogP contribution in [0.4, 0.5) is 0 Å². The van der Waals surface area contributed by atoms with Gasteiger partial charge in [0.2, 0.25) is 0 Å². The summed E-state index contributed by atoms with van der Waals surface area (Å²) < 4.78 is 24.4. The van der Waals surface area contributed by atoms with Crippen LogP contribution in [0, 0.1) is 34.5 Å². The van der Waals surface area contributed by atoms with Crippen molar-refractivity contribution in [2.24, 2.45) is 34.5 Å². The Balaban J connectivity index is 1.20. The summed E-state index contributed by atoms with van der Waals surface area (Å²) in [6.45, 7) is 10.6. The quantitative estimate of drug-likeness (QED) is 0.469. The molecular formula is C29H40O7. The maximum atomic E-state index is 13.7. The molecule has 0 aromatic carbocycles. The molecule has 13 unspecified atom stereocenters. The highest BCUT2D eigenvalue weighted by Gasteiger charge is 2.85. The second-order valence-corrected chi connectivity index (χ2v) is 13.5. The number of carbonyl (C=O) groups is 2.